The van der Waals surface area contributed by atoms with E-state index in [1.54, 1.807) is 65.0 Å². The zero-order valence-electron chi connectivity index (χ0n) is 24.3. The molecule has 2 atom stereocenters. The van der Waals surface area contributed by atoms with Gasteiger partial charge in [0.05, 0.1) is 33.1 Å². The van der Waals surface area contributed by atoms with Gasteiger partial charge in [0, 0.05) is 16.8 Å². The maximum atomic E-state index is 13.9. The number of halogens is 5. The van der Waals surface area contributed by atoms with Crippen LogP contribution in [0.4, 0.5) is 24.5 Å². The maximum Gasteiger partial charge on any atom is 0.416 e. The van der Waals surface area contributed by atoms with Gasteiger partial charge in [0.25, 0.3) is 5.91 Å². The molecule has 0 aliphatic heterocycles. The number of Topliss-reactive ketones (excluding diaryl/α,β-unsaturated/α-hetero) is 1. The number of carbonyl (C=O) groups excluding carboxylic acids is 2. The molecule has 0 aromatic heterocycles. The fourth-order valence-electron chi connectivity index (χ4n) is 4.50. The number of nitrogens with one attached hydrogen (secondary N) is 2. The number of hydrogen-bond donors (Lipinski definition) is 3. The molecule has 0 saturated carbocycles. The number of carboxylic acids is 1. The molecule has 0 aliphatic carbocycles. The fraction of sp³-hybridized carbons (Fsp3) is 0.344. The first-order chi connectivity index (χ1) is 19.9. The van der Waals surface area contributed by atoms with E-state index in [0.717, 1.165) is 12.1 Å². The van der Waals surface area contributed by atoms with E-state index in [-0.39, 0.29) is 45.0 Å². The zero-order chi connectivity index (χ0) is 32.3. The summed E-state index contributed by atoms with van der Waals surface area (Å²) < 4.78 is 41.7. The highest BCUT2D eigenvalue weighted by molar-refractivity contribution is 6.40. The van der Waals surface area contributed by atoms with E-state index < -0.39 is 41.0 Å². The summed E-state index contributed by atoms with van der Waals surface area (Å²) in [6, 6.07) is 13.2. The lowest BCUT2D eigenvalue weighted by molar-refractivity contribution is -0.140. The zero-order valence-corrected chi connectivity index (χ0v) is 25.8. The molecule has 3 rings (SSSR count). The number of ketones is 1. The van der Waals surface area contributed by atoms with Crippen LogP contribution in [0.1, 0.15) is 67.6 Å². The number of carbonyl (C=O) groups is 3. The van der Waals surface area contributed by atoms with Crippen molar-refractivity contribution in [1.82, 2.24) is 0 Å². The number of carboxylic acid groups (broad SMARTS) is 1. The van der Waals surface area contributed by atoms with Gasteiger partial charge in [-0.3, -0.25) is 14.4 Å². The smallest absolute Gasteiger partial charge is 0.416 e. The van der Waals surface area contributed by atoms with E-state index in [2.05, 4.69) is 10.6 Å². The molecule has 2 unspecified atom stereocenters. The molecule has 0 heterocycles. The molecule has 3 N–H and O–H groups in total. The van der Waals surface area contributed by atoms with Gasteiger partial charge in [0.2, 0.25) is 0 Å². The first kappa shape index (κ1) is 33.9. The quantitative estimate of drug-likeness (QED) is 0.207. The topological polar surface area (TPSA) is 95.5 Å². The van der Waals surface area contributed by atoms with Crippen molar-refractivity contribution in [1.29, 1.82) is 0 Å². The average Bonchev–Trinajstić information content (AvgIpc) is 2.89. The normalized spacial score (nSPS) is 13.4. The van der Waals surface area contributed by atoms with Crippen molar-refractivity contribution in [3.05, 3.63) is 93.0 Å². The van der Waals surface area contributed by atoms with Gasteiger partial charge in [0.15, 0.2) is 5.78 Å². The standard InChI is InChI=1S/C32H33Cl2F3N2O4/c1-17(2)27(28(40)31(3,4)5)38-22-15-19(14-20(16-22)32(35,36)37)23(30(42)43)13-18-9-11-21(12-10-18)39-29(41)26-24(33)7-6-8-25(26)34/h6-12,14-17,23,27,38H,13H2,1-5H3,(H,39,41)(H,42,43). The number of hydrogen-bond acceptors (Lipinski definition) is 4. The molecule has 43 heavy (non-hydrogen) atoms. The lowest BCUT2D eigenvalue weighted by Gasteiger charge is -2.29. The van der Waals surface area contributed by atoms with Gasteiger partial charge in [-0.1, -0.05) is 76.0 Å². The molecular formula is C32H33Cl2F3N2O4. The van der Waals surface area contributed by atoms with Crippen molar-refractivity contribution in [3.63, 3.8) is 0 Å². The van der Waals surface area contributed by atoms with Crippen molar-refractivity contribution >= 4 is 52.2 Å². The van der Waals surface area contributed by atoms with Gasteiger partial charge in [0.1, 0.15) is 0 Å². The molecule has 0 aliphatic rings. The summed E-state index contributed by atoms with van der Waals surface area (Å²) in [5, 5.41) is 16.0. The Labute approximate surface area is 258 Å². The minimum Gasteiger partial charge on any atom is -0.481 e. The molecule has 1 amide bonds. The Morgan fingerprint density at radius 1 is 0.884 bits per heavy atom. The Hall–Kier alpha value is -3.56. The molecule has 0 bridgehead atoms. The summed E-state index contributed by atoms with van der Waals surface area (Å²) in [7, 11) is 0. The highest BCUT2D eigenvalue weighted by atomic mass is 35.5. The molecule has 230 valence electrons. The number of aliphatic carboxylic acids is 1. The van der Waals surface area contributed by atoms with Gasteiger partial charge >= 0.3 is 12.1 Å². The van der Waals surface area contributed by atoms with Crippen LogP contribution < -0.4 is 10.6 Å². The Morgan fingerprint density at radius 3 is 1.95 bits per heavy atom. The minimum atomic E-state index is -4.75. The molecule has 6 nitrogen and oxygen atoms in total. The van der Waals surface area contributed by atoms with Crippen LogP contribution in [0.3, 0.4) is 0 Å². The van der Waals surface area contributed by atoms with Crippen LogP contribution in [-0.2, 0) is 22.2 Å². The Kier molecular flexibility index (Phi) is 10.6. The van der Waals surface area contributed by atoms with Crippen molar-refractivity contribution < 1.29 is 32.7 Å². The highest BCUT2D eigenvalue weighted by Gasteiger charge is 2.35. The maximum absolute atomic E-state index is 13.9. The number of rotatable bonds is 10. The Bertz CT molecular complexity index is 1480. The third-order valence-electron chi connectivity index (χ3n) is 6.84. The summed E-state index contributed by atoms with van der Waals surface area (Å²) in [5.74, 6) is -3.61. The SMILES string of the molecule is CC(C)C(Nc1cc(C(Cc2ccc(NC(=O)c3c(Cl)cccc3Cl)cc2)C(=O)O)cc(C(F)(F)F)c1)C(=O)C(C)(C)C. The lowest BCUT2D eigenvalue weighted by Crippen LogP contribution is -2.41. The summed E-state index contributed by atoms with van der Waals surface area (Å²) in [4.78, 5) is 38.1. The van der Waals surface area contributed by atoms with E-state index in [0.29, 0.717) is 11.3 Å². The third-order valence-corrected chi connectivity index (χ3v) is 7.47. The summed E-state index contributed by atoms with van der Waals surface area (Å²) in [5.41, 5.74) is -0.854. The Morgan fingerprint density at radius 2 is 1.47 bits per heavy atom. The predicted molar refractivity (Wildman–Crippen MR) is 163 cm³/mol. The van der Waals surface area contributed by atoms with Crippen LogP contribution in [0.25, 0.3) is 0 Å². The van der Waals surface area contributed by atoms with Gasteiger partial charge in [-0.15, -0.1) is 0 Å². The molecule has 0 spiro atoms. The van der Waals surface area contributed by atoms with Gasteiger partial charge in [-0.2, -0.15) is 13.2 Å². The molecule has 3 aromatic rings. The van der Waals surface area contributed by atoms with Crippen LogP contribution in [0.15, 0.2) is 60.7 Å². The second-order valence-corrected chi connectivity index (χ2v) is 12.5. The Balaban J connectivity index is 1.91. The predicted octanol–water partition coefficient (Wildman–Crippen LogP) is 8.73. The van der Waals surface area contributed by atoms with E-state index in [4.69, 9.17) is 23.2 Å². The van der Waals surface area contributed by atoms with Crippen LogP contribution in [0.2, 0.25) is 10.0 Å². The fourth-order valence-corrected chi connectivity index (χ4v) is 5.07. The second-order valence-electron chi connectivity index (χ2n) is 11.7. The third kappa shape index (κ3) is 8.74. The molecule has 0 saturated heterocycles. The van der Waals surface area contributed by atoms with Crippen LogP contribution in [-0.4, -0.2) is 28.8 Å². The molecule has 3 aromatic carbocycles. The minimum absolute atomic E-state index is 0.00340. The lowest BCUT2D eigenvalue weighted by atomic mass is 9.82. The largest absolute Gasteiger partial charge is 0.481 e. The summed E-state index contributed by atoms with van der Waals surface area (Å²) in [6.07, 6.45) is -4.88. The molecule has 0 radical (unpaired) electrons. The van der Waals surface area contributed by atoms with Gasteiger partial charge in [-0.05, 0) is 65.9 Å². The number of anilines is 2. The number of alkyl halides is 3. The monoisotopic (exact) mass is 636 g/mol. The van der Waals surface area contributed by atoms with Crippen LogP contribution in [0.5, 0.6) is 0 Å². The molecule has 11 heteroatoms. The van der Waals surface area contributed by atoms with Crippen LogP contribution >= 0.6 is 23.2 Å². The summed E-state index contributed by atoms with van der Waals surface area (Å²) >= 11 is 12.2. The van der Waals surface area contributed by atoms with E-state index in [9.17, 15) is 32.7 Å². The average molecular weight is 638 g/mol. The van der Waals surface area contributed by atoms with Gasteiger partial charge < -0.3 is 15.7 Å². The van der Waals surface area contributed by atoms with Gasteiger partial charge in [-0.25, -0.2) is 0 Å². The second kappa shape index (κ2) is 13.4. The van der Waals surface area contributed by atoms with E-state index >= 15 is 0 Å². The number of amides is 1. The van der Waals surface area contributed by atoms with Crippen molar-refractivity contribution in [2.75, 3.05) is 10.6 Å². The van der Waals surface area contributed by atoms with Crippen molar-refractivity contribution in [3.8, 4) is 0 Å². The summed E-state index contributed by atoms with van der Waals surface area (Å²) in [6.45, 7) is 8.75. The van der Waals surface area contributed by atoms with Crippen molar-refractivity contribution in [2.24, 2.45) is 11.3 Å². The van der Waals surface area contributed by atoms with Crippen LogP contribution in [0, 0.1) is 11.3 Å². The number of benzene rings is 3. The molecular weight excluding hydrogens is 604 g/mol. The molecule has 0 fully saturated rings. The first-order valence-corrected chi connectivity index (χ1v) is 14.2. The van der Waals surface area contributed by atoms with Crippen molar-refractivity contribution in [2.45, 2.75) is 59.2 Å². The van der Waals surface area contributed by atoms with E-state index in [1.807, 2.05) is 0 Å². The highest BCUT2D eigenvalue weighted by Crippen LogP contribution is 2.36. The first-order valence-electron chi connectivity index (χ1n) is 13.5. The van der Waals surface area contributed by atoms with E-state index in [1.165, 1.54) is 18.2 Å².